The highest BCUT2D eigenvalue weighted by molar-refractivity contribution is 5.79. The van der Waals surface area contributed by atoms with Gasteiger partial charge in [0.25, 0.3) is 0 Å². The minimum Gasteiger partial charge on any atom is -0.389 e. The zero-order chi connectivity index (χ0) is 21.6. The van der Waals surface area contributed by atoms with Gasteiger partial charge in [0.2, 0.25) is 11.8 Å². The van der Waals surface area contributed by atoms with E-state index in [0.29, 0.717) is 19.6 Å². The Kier molecular flexibility index (Phi) is 7.53. The number of amides is 2. The Morgan fingerprint density at radius 2 is 1.90 bits per heavy atom. The third-order valence-corrected chi connectivity index (χ3v) is 6.62. The molecule has 0 radical (unpaired) electrons. The van der Waals surface area contributed by atoms with Gasteiger partial charge in [-0.05, 0) is 43.4 Å². The van der Waals surface area contributed by atoms with Crippen LogP contribution in [0.5, 0.6) is 0 Å². The number of hydrogen-bond acceptors (Lipinski definition) is 6. The Hall–Kier alpha value is -2.03. The molecule has 8 heteroatoms. The van der Waals surface area contributed by atoms with Crippen LogP contribution in [-0.4, -0.2) is 70.9 Å². The van der Waals surface area contributed by atoms with Crippen LogP contribution in [0.25, 0.3) is 0 Å². The van der Waals surface area contributed by atoms with Crippen molar-refractivity contribution >= 4 is 11.8 Å². The highest BCUT2D eigenvalue weighted by Gasteiger charge is 2.41. The molecular weight excluding hydrogens is 398 g/mol. The van der Waals surface area contributed by atoms with Crippen LogP contribution < -0.4 is 5.32 Å². The zero-order valence-corrected chi connectivity index (χ0v) is 17.9. The third kappa shape index (κ3) is 5.81. The van der Waals surface area contributed by atoms with Gasteiger partial charge in [-0.3, -0.25) is 14.6 Å². The number of rotatable bonds is 5. The number of nitrogens with one attached hydrogen (secondary N) is 1. The fourth-order valence-electron chi connectivity index (χ4n) is 4.98. The maximum atomic E-state index is 13.2. The van der Waals surface area contributed by atoms with E-state index < -0.39 is 6.10 Å². The fourth-order valence-corrected chi connectivity index (χ4v) is 4.98. The molecule has 31 heavy (non-hydrogen) atoms. The Bertz CT molecular complexity index is 740. The number of aliphatic hydroxyl groups excluding tert-OH is 1. The molecule has 3 fully saturated rings. The highest BCUT2D eigenvalue weighted by atomic mass is 16.5. The Morgan fingerprint density at radius 1 is 1.13 bits per heavy atom. The minimum absolute atomic E-state index is 0.0543. The lowest BCUT2D eigenvalue weighted by Gasteiger charge is -2.45. The molecule has 3 heterocycles. The lowest BCUT2D eigenvalue weighted by atomic mass is 9.93. The van der Waals surface area contributed by atoms with Gasteiger partial charge >= 0.3 is 0 Å². The van der Waals surface area contributed by atoms with E-state index in [0.717, 1.165) is 37.7 Å². The van der Waals surface area contributed by atoms with Crippen molar-refractivity contribution in [2.45, 2.75) is 75.8 Å². The molecule has 4 rings (SSSR count). The van der Waals surface area contributed by atoms with Crippen LogP contribution in [0.4, 0.5) is 0 Å². The Morgan fingerprint density at radius 3 is 2.68 bits per heavy atom. The second kappa shape index (κ2) is 10.5. The van der Waals surface area contributed by atoms with Gasteiger partial charge in [-0.2, -0.15) is 0 Å². The van der Waals surface area contributed by atoms with Crippen molar-refractivity contribution in [1.29, 1.82) is 0 Å². The van der Waals surface area contributed by atoms with Crippen molar-refractivity contribution in [3.63, 3.8) is 0 Å². The molecule has 2 aliphatic heterocycles. The first kappa shape index (κ1) is 22.2. The number of nitrogens with zero attached hydrogens (tertiary/aromatic N) is 2. The topological polar surface area (TPSA) is 101 Å². The van der Waals surface area contributed by atoms with Crippen LogP contribution in [0, 0.1) is 5.92 Å². The summed E-state index contributed by atoms with van der Waals surface area (Å²) in [5.41, 5.74) is 1.00. The van der Waals surface area contributed by atoms with Crippen molar-refractivity contribution in [3.05, 3.63) is 30.1 Å². The molecule has 1 aromatic heterocycles. The van der Waals surface area contributed by atoms with E-state index in [1.165, 1.54) is 0 Å². The molecule has 0 unspecified atom stereocenters. The van der Waals surface area contributed by atoms with E-state index in [4.69, 9.17) is 9.47 Å². The van der Waals surface area contributed by atoms with E-state index in [9.17, 15) is 14.7 Å². The lowest BCUT2D eigenvalue weighted by molar-refractivity contribution is -0.171. The van der Waals surface area contributed by atoms with Gasteiger partial charge in [-0.1, -0.05) is 12.8 Å². The molecule has 8 nitrogen and oxygen atoms in total. The van der Waals surface area contributed by atoms with Gasteiger partial charge in [0, 0.05) is 31.4 Å². The van der Waals surface area contributed by atoms with Crippen LogP contribution in [0.15, 0.2) is 24.5 Å². The molecule has 4 atom stereocenters. The predicted octanol–water partition coefficient (Wildman–Crippen LogP) is 1.41. The number of β-amino-alcohol motifs (C(OH)–C–C–N with tert-alkyl or cyclic N) is 1. The number of ether oxygens (including phenoxy) is 2. The molecule has 2 N–H and O–H groups in total. The summed E-state index contributed by atoms with van der Waals surface area (Å²) in [5.74, 6) is 0.150. The summed E-state index contributed by atoms with van der Waals surface area (Å²) in [6.07, 6.45) is 8.05. The second-order valence-electron chi connectivity index (χ2n) is 8.94. The van der Waals surface area contributed by atoms with Crippen molar-refractivity contribution < 1.29 is 24.2 Å². The number of aromatic nitrogens is 1. The zero-order valence-electron chi connectivity index (χ0n) is 17.9. The van der Waals surface area contributed by atoms with Gasteiger partial charge < -0.3 is 24.8 Å². The van der Waals surface area contributed by atoms with Crippen molar-refractivity contribution in [1.82, 2.24) is 15.2 Å². The van der Waals surface area contributed by atoms with Gasteiger partial charge in [-0.15, -0.1) is 0 Å². The minimum atomic E-state index is -0.678. The first-order valence-electron chi connectivity index (χ1n) is 11.5. The summed E-state index contributed by atoms with van der Waals surface area (Å²) in [6.45, 7) is 1.27. The standard InChI is InChI=1S/C23H33N3O5/c27-18-13-26(23(29)17-3-1-2-4-17)20-6-5-19(31-21(20)15-30-14-18)11-22(28)25-12-16-7-9-24-10-8-16/h7-10,17-21,27H,1-6,11-15H2,(H,25,28)/t18-,19-,20-,21+/m0/s1. The van der Waals surface area contributed by atoms with Gasteiger partial charge in [0.15, 0.2) is 0 Å². The number of aliphatic hydroxyl groups is 1. The van der Waals surface area contributed by atoms with Gasteiger partial charge in [0.1, 0.15) is 6.10 Å². The molecule has 0 spiro atoms. The van der Waals surface area contributed by atoms with Crippen molar-refractivity contribution in [2.75, 3.05) is 19.8 Å². The summed E-state index contributed by atoms with van der Waals surface area (Å²) < 4.78 is 11.9. The SMILES string of the molecule is O=C(C[C@@H]1CC[C@H]2[C@@H](COC[C@@H](O)CN2C(=O)C2CCCC2)O1)NCc1ccncc1. The summed E-state index contributed by atoms with van der Waals surface area (Å²) in [5, 5.41) is 13.2. The van der Waals surface area contributed by atoms with E-state index in [-0.39, 0.29) is 55.6 Å². The normalized spacial score (nSPS) is 29.6. The smallest absolute Gasteiger partial charge is 0.226 e. The van der Waals surface area contributed by atoms with Crippen molar-refractivity contribution in [2.24, 2.45) is 5.92 Å². The lowest BCUT2D eigenvalue weighted by Crippen LogP contribution is -2.58. The summed E-state index contributed by atoms with van der Waals surface area (Å²) in [6, 6.07) is 3.63. The molecular formula is C23H33N3O5. The van der Waals surface area contributed by atoms with Crippen LogP contribution >= 0.6 is 0 Å². The molecule has 1 aliphatic carbocycles. The van der Waals surface area contributed by atoms with Gasteiger partial charge in [-0.25, -0.2) is 0 Å². The quantitative estimate of drug-likeness (QED) is 0.731. The number of carbonyl (C=O) groups excluding carboxylic acids is 2. The maximum absolute atomic E-state index is 13.2. The molecule has 1 saturated carbocycles. The van der Waals surface area contributed by atoms with E-state index in [1.54, 1.807) is 12.4 Å². The molecule has 170 valence electrons. The monoisotopic (exact) mass is 431 g/mol. The molecule has 1 aromatic rings. The van der Waals surface area contributed by atoms with Crippen LogP contribution in [-0.2, 0) is 25.6 Å². The van der Waals surface area contributed by atoms with E-state index in [2.05, 4.69) is 10.3 Å². The third-order valence-electron chi connectivity index (χ3n) is 6.62. The first-order valence-corrected chi connectivity index (χ1v) is 11.5. The number of carbonyl (C=O) groups is 2. The second-order valence-corrected chi connectivity index (χ2v) is 8.94. The Balaban J connectivity index is 1.34. The van der Waals surface area contributed by atoms with Crippen LogP contribution in [0.2, 0.25) is 0 Å². The molecule has 0 bridgehead atoms. The van der Waals surface area contributed by atoms with Crippen molar-refractivity contribution in [3.8, 4) is 0 Å². The van der Waals surface area contributed by atoms with Crippen LogP contribution in [0.1, 0.15) is 50.5 Å². The van der Waals surface area contributed by atoms with Crippen LogP contribution in [0.3, 0.4) is 0 Å². The summed E-state index contributed by atoms with van der Waals surface area (Å²) in [4.78, 5) is 31.4. The molecule has 0 aromatic carbocycles. The predicted molar refractivity (Wildman–Crippen MR) is 113 cm³/mol. The molecule has 2 amide bonds. The first-order chi connectivity index (χ1) is 15.1. The number of hydrogen-bond donors (Lipinski definition) is 2. The molecule has 2 saturated heterocycles. The van der Waals surface area contributed by atoms with E-state index >= 15 is 0 Å². The summed E-state index contributed by atoms with van der Waals surface area (Å²) >= 11 is 0. The average molecular weight is 432 g/mol. The van der Waals surface area contributed by atoms with E-state index in [1.807, 2.05) is 17.0 Å². The van der Waals surface area contributed by atoms with Gasteiger partial charge in [0.05, 0.1) is 37.9 Å². The fraction of sp³-hybridized carbons (Fsp3) is 0.696. The largest absolute Gasteiger partial charge is 0.389 e. The summed E-state index contributed by atoms with van der Waals surface area (Å²) in [7, 11) is 0. The number of pyridine rings is 1. The maximum Gasteiger partial charge on any atom is 0.226 e. The Labute approximate surface area is 183 Å². The highest BCUT2D eigenvalue weighted by Crippen LogP contribution is 2.32. The number of fused-ring (bicyclic) bond motifs is 1. The molecule has 3 aliphatic rings. The average Bonchev–Trinajstić information content (AvgIpc) is 3.31.